The summed E-state index contributed by atoms with van der Waals surface area (Å²) < 4.78 is 0. The highest BCUT2D eigenvalue weighted by atomic mass is 16.2. The molecule has 0 aliphatic heterocycles. The molecule has 0 unspecified atom stereocenters. The van der Waals surface area contributed by atoms with Crippen LogP contribution in [0.15, 0.2) is 78.9 Å². The molecule has 4 atom stereocenters. The summed E-state index contributed by atoms with van der Waals surface area (Å²) in [5.74, 6) is -0.430. The molecule has 7 heteroatoms. The van der Waals surface area contributed by atoms with Crippen LogP contribution in [0.3, 0.4) is 0 Å². The molecule has 1 aromatic heterocycles. The van der Waals surface area contributed by atoms with Crippen molar-refractivity contribution in [2.75, 3.05) is 14.1 Å². The Morgan fingerprint density at radius 2 is 1.02 bits per heavy atom. The molecule has 2 aromatic carbocycles. The topological polar surface area (TPSA) is 77.6 Å². The molecule has 7 nitrogen and oxygen atoms in total. The summed E-state index contributed by atoms with van der Waals surface area (Å²) in [6, 6.07) is 26.7. The van der Waals surface area contributed by atoms with Crippen LogP contribution in [0.5, 0.6) is 0 Å². The van der Waals surface area contributed by atoms with E-state index in [9.17, 15) is 9.59 Å². The van der Waals surface area contributed by atoms with E-state index in [2.05, 4.69) is 88.0 Å². The van der Waals surface area contributed by atoms with E-state index in [1.54, 1.807) is 18.2 Å². The Labute approximate surface area is 250 Å². The smallest absolute Gasteiger partial charge is 0.270 e. The van der Waals surface area contributed by atoms with Gasteiger partial charge in [0.2, 0.25) is 0 Å². The largest absolute Gasteiger partial charge is 0.346 e. The predicted molar refractivity (Wildman–Crippen MR) is 167 cm³/mol. The number of pyridine rings is 1. The fourth-order valence-electron chi connectivity index (χ4n) is 6.76. The van der Waals surface area contributed by atoms with E-state index in [1.807, 2.05) is 12.1 Å². The molecule has 2 amide bonds. The van der Waals surface area contributed by atoms with Crippen LogP contribution in [0.4, 0.5) is 0 Å². The highest BCUT2D eigenvalue weighted by Crippen LogP contribution is 2.25. The standard InChI is InChI=1S/C35H45N5O2/c1-39(24-26-14-5-3-6-15-26)32-22-11-9-18-28(32)37-34(41)30-20-13-21-31(36-30)35(42)38-29-19-10-12-23-33(29)40(2)25-27-16-7-4-8-17-27/h3-8,13-17,20-21,28-29,32-33H,9-12,18-19,22-25H2,1-2H3,(H,37,41)(H,38,42)/t28-,29-,32-,33-/m1/s1. The van der Waals surface area contributed by atoms with Gasteiger partial charge >= 0.3 is 0 Å². The number of nitrogens with one attached hydrogen (secondary N) is 2. The van der Waals surface area contributed by atoms with Gasteiger partial charge in [-0.1, -0.05) is 92.4 Å². The van der Waals surface area contributed by atoms with Crippen molar-refractivity contribution in [1.29, 1.82) is 0 Å². The van der Waals surface area contributed by atoms with Gasteiger partial charge in [-0.3, -0.25) is 19.4 Å². The van der Waals surface area contributed by atoms with Gasteiger partial charge in [0.25, 0.3) is 11.8 Å². The van der Waals surface area contributed by atoms with Crippen molar-refractivity contribution in [1.82, 2.24) is 25.4 Å². The first-order valence-electron chi connectivity index (χ1n) is 15.5. The molecule has 2 aliphatic rings. The van der Waals surface area contributed by atoms with Crippen LogP contribution in [0.25, 0.3) is 0 Å². The average molecular weight is 568 g/mol. The normalized spacial score (nSPS) is 22.6. The molecule has 1 heterocycles. The van der Waals surface area contributed by atoms with Crippen LogP contribution in [0.1, 0.15) is 83.5 Å². The monoisotopic (exact) mass is 567 g/mol. The average Bonchev–Trinajstić information content (AvgIpc) is 3.02. The van der Waals surface area contributed by atoms with Crippen LogP contribution >= 0.6 is 0 Å². The van der Waals surface area contributed by atoms with Gasteiger partial charge < -0.3 is 10.6 Å². The maximum atomic E-state index is 13.4. The first-order chi connectivity index (χ1) is 20.5. The first kappa shape index (κ1) is 29.9. The minimum absolute atomic E-state index is 0.0439. The van der Waals surface area contributed by atoms with E-state index < -0.39 is 0 Å². The number of likely N-dealkylation sites (N-methyl/N-ethyl adjacent to an activating group) is 2. The van der Waals surface area contributed by atoms with Crippen LogP contribution in [-0.4, -0.2) is 64.9 Å². The van der Waals surface area contributed by atoms with Gasteiger partial charge in [-0.2, -0.15) is 0 Å². The van der Waals surface area contributed by atoms with Crippen molar-refractivity contribution < 1.29 is 9.59 Å². The Kier molecular flexibility index (Phi) is 10.4. The Hall–Kier alpha value is -3.55. The number of hydrogen-bond acceptors (Lipinski definition) is 5. The number of carbonyl (C=O) groups excluding carboxylic acids is 2. The van der Waals surface area contributed by atoms with Gasteiger partial charge in [0, 0.05) is 37.3 Å². The molecule has 42 heavy (non-hydrogen) atoms. The zero-order valence-corrected chi connectivity index (χ0v) is 25.0. The summed E-state index contributed by atoms with van der Waals surface area (Å²) in [5.41, 5.74) is 3.11. The summed E-state index contributed by atoms with van der Waals surface area (Å²) in [5, 5.41) is 6.53. The number of aromatic nitrogens is 1. The molecular weight excluding hydrogens is 522 g/mol. The number of hydrogen-bond donors (Lipinski definition) is 2. The highest BCUT2D eigenvalue weighted by Gasteiger charge is 2.32. The van der Waals surface area contributed by atoms with E-state index in [-0.39, 0.29) is 36.0 Å². The number of amides is 2. The van der Waals surface area contributed by atoms with Crippen molar-refractivity contribution in [2.45, 2.75) is 88.6 Å². The molecule has 0 saturated heterocycles. The van der Waals surface area contributed by atoms with Crippen LogP contribution in [0.2, 0.25) is 0 Å². The molecule has 2 N–H and O–H groups in total. The maximum absolute atomic E-state index is 13.4. The lowest BCUT2D eigenvalue weighted by atomic mass is 9.89. The van der Waals surface area contributed by atoms with Crippen molar-refractivity contribution in [2.24, 2.45) is 0 Å². The second-order valence-electron chi connectivity index (χ2n) is 12.1. The minimum Gasteiger partial charge on any atom is -0.346 e. The number of benzene rings is 2. The Bertz CT molecular complexity index is 1200. The molecule has 5 rings (SSSR count). The predicted octanol–water partition coefficient (Wildman–Crippen LogP) is 5.43. The fraction of sp³-hybridized carbons (Fsp3) is 0.457. The van der Waals surface area contributed by atoms with Crippen molar-refractivity contribution in [3.63, 3.8) is 0 Å². The molecule has 2 saturated carbocycles. The molecular formula is C35H45N5O2. The van der Waals surface area contributed by atoms with Gasteiger partial charge in [-0.05, 0) is 63.0 Å². The van der Waals surface area contributed by atoms with Gasteiger partial charge in [0.1, 0.15) is 11.4 Å². The SMILES string of the molecule is CN(Cc1ccccc1)[C@@H]1CCCC[C@H]1NC(=O)c1cccc(C(=O)N[C@@H]2CCCC[C@H]2N(C)Cc2ccccc2)n1. The molecule has 2 aliphatic carbocycles. The molecule has 0 radical (unpaired) electrons. The zero-order chi connectivity index (χ0) is 29.3. The molecule has 222 valence electrons. The highest BCUT2D eigenvalue weighted by molar-refractivity contribution is 5.96. The second-order valence-corrected chi connectivity index (χ2v) is 12.1. The van der Waals surface area contributed by atoms with Crippen LogP contribution in [0, 0.1) is 0 Å². The Balaban J connectivity index is 1.21. The third-order valence-corrected chi connectivity index (χ3v) is 8.99. The minimum atomic E-state index is -0.215. The maximum Gasteiger partial charge on any atom is 0.270 e. The van der Waals surface area contributed by atoms with Crippen molar-refractivity contribution in [3.05, 3.63) is 101 Å². The van der Waals surface area contributed by atoms with E-state index >= 15 is 0 Å². The summed E-state index contributed by atoms with van der Waals surface area (Å²) in [7, 11) is 4.28. The summed E-state index contributed by atoms with van der Waals surface area (Å²) in [4.78, 5) is 36.0. The Morgan fingerprint density at radius 3 is 1.45 bits per heavy atom. The third kappa shape index (κ3) is 7.84. The fourth-order valence-corrected chi connectivity index (χ4v) is 6.76. The zero-order valence-electron chi connectivity index (χ0n) is 25.0. The van der Waals surface area contributed by atoms with Crippen molar-refractivity contribution in [3.8, 4) is 0 Å². The molecule has 0 spiro atoms. The van der Waals surface area contributed by atoms with Gasteiger partial charge in [-0.25, -0.2) is 4.98 Å². The number of rotatable bonds is 10. The number of nitrogens with zero attached hydrogens (tertiary/aromatic N) is 3. The Morgan fingerprint density at radius 1 is 0.619 bits per heavy atom. The first-order valence-corrected chi connectivity index (χ1v) is 15.5. The van der Waals surface area contributed by atoms with Gasteiger partial charge in [0.15, 0.2) is 0 Å². The lowest BCUT2D eigenvalue weighted by Crippen LogP contribution is -2.52. The van der Waals surface area contributed by atoms with Gasteiger partial charge in [0.05, 0.1) is 0 Å². The molecule has 0 bridgehead atoms. The molecule has 2 fully saturated rings. The van der Waals surface area contributed by atoms with E-state index in [1.165, 1.54) is 11.1 Å². The summed E-state index contributed by atoms with van der Waals surface area (Å²) >= 11 is 0. The quantitative estimate of drug-likeness (QED) is 0.342. The van der Waals surface area contributed by atoms with Crippen LogP contribution < -0.4 is 10.6 Å². The van der Waals surface area contributed by atoms with Gasteiger partial charge in [-0.15, -0.1) is 0 Å². The van der Waals surface area contributed by atoms with E-state index in [0.717, 1.165) is 64.5 Å². The number of carbonyl (C=O) groups is 2. The third-order valence-electron chi connectivity index (χ3n) is 8.99. The summed E-state index contributed by atoms with van der Waals surface area (Å²) in [6.45, 7) is 1.68. The van der Waals surface area contributed by atoms with E-state index in [0.29, 0.717) is 11.4 Å². The molecule has 3 aromatic rings. The lowest BCUT2D eigenvalue weighted by Gasteiger charge is -2.38. The van der Waals surface area contributed by atoms with Crippen molar-refractivity contribution >= 4 is 11.8 Å². The van der Waals surface area contributed by atoms with E-state index in [4.69, 9.17) is 0 Å². The summed E-state index contributed by atoms with van der Waals surface area (Å²) in [6.07, 6.45) is 8.48. The second kappa shape index (κ2) is 14.6. The lowest BCUT2D eigenvalue weighted by molar-refractivity contribution is 0.0848. The van der Waals surface area contributed by atoms with Crippen LogP contribution in [-0.2, 0) is 13.1 Å².